The van der Waals surface area contributed by atoms with Crippen molar-refractivity contribution in [2.24, 2.45) is 0 Å². The molecule has 0 aliphatic carbocycles. The first-order chi connectivity index (χ1) is 10.2. The molecule has 0 saturated carbocycles. The van der Waals surface area contributed by atoms with Gasteiger partial charge in [-0.25, -0.2) is 4.39 Å². The van der Waals surface area contributed by atoms with E-state index in [1.807, 2.05) is 6.07 Å². The zero-order valence-electron chi connectivity index (χ0n) is 11.3. The van der Waals surface area contributed by atoms with E-state index in [1.165, 1.54) is 24.3 Å². The molecule has 0 heterocycles. The molecule has 0 spiro atoms. The lowest BCUT2D eigenvalue weighted by Gasteiger charge is -2.06. The summed E-state index contributed by atoms with van der Waals surface area (Å²) in [5.41, 5.74) is 0.544. The molecule has 2 aromatic rings. The number of hydrogen-bond donors (Lipinski definition) is 0. The average Bonchev–Trinajstić information content (AvgIpc) is 2.52. The highest BCUT2D eigenvalue weighted by molar-refractivity contribution is 7.85. The number of rotatable bonds is 6. The molecule has 0 fully saturated rings. The first-order valence-corrected chi connectivity index (χ1v) is 7.78. The van der Waals surface area contributed by atoms with Crippen molar-refractivity contribution in [2.75, 3.05) is 12.4 Å². The predicted molar refractivity (Wildman–Crippen MR) is 78.9 cm³/mol. The fraction of sp³-hybridized carbons (Fsp3) is 0.188. The third-order valence-corrected chi connectivity index (χ3v) is 4.24. The first kappa shape index (κ1) is 15.2. The van der Waals surface area contributed by atoms with E-state index < -0.39 is 10.8 Å². The van der Waals surface area contributed by atoms with Gasteiger partial charge in [-0.05, 0) is 48.9 Å². The van der Waals surface area contributed by atoms with Crippen molar-refractivity contribution >= 4 is 10.8 Å². The summed E-state index contributed by atoms with van der Waals surface area (Å²) in [5.74, 6) is 0.738. The average molecular weight is 303 g/mol. The summed E-state index contributed by atoms with van der Waals surface area (Å²) in [6.45, 7) is 0.418. The molecular formula is C16H14FNO2S. The van der Waals surface area contributed by atoms with Gasteiger partial charge in [0.2, 0.25) is 0 Å². The van der Waals surface area contributed by atoms with Gasteiger partial charge in [0.15, 0.2) is 0 Å². The second-order valence-corrected chi connectivity index (χ2v) is 5.92. The van der Waals surface area contributed by atoms with Gasteiger partial charge in [0, 0.05) is 10.6 Å². The van der Waals surface area contributed by atoms with Crippen molar-refractivity contribution in [1.82, 2.24) is 0 Å². The maximum atomic E-state index is 12.8. The Kier molecular flexibility index (Phi) is 5.47. The number of ether oxygens (including phenoxy) is 1. The van der Waals surface area contributed by atoms with Crippen LogP contribution in [-0.2, 0) is 10.8 Å². The second-order valence-electron chi connectivity index (χ2n) is 4.35. The zero-order chi connectivity index (χ0) is 15.1. The molecule has 108 valence electrons. The summed E-state index contributed by atoms with van der Waals surface area (Å²) in [6, 6.07) is 14.6. The lowest BCUT2D eigenvalue weighted by Crippen LogP contribution is -2.05. The molecule has 0 bridgehead atoms. The van der Waals surface area contributed by atoms with Gasteiger partial charge in [0.05, 0.1) is 29.0 Å². The highest BCUT2D eigenvalue weighted by Gasteiger charge is 2.04. The minimum absolute atomic E-state index is 0.337. The maximum Gasteiger partial charge on any atom is 0.123 e. The van der Waals surface area contributed by atoms with Crippen LogP contribution in [0.3, 0.4) is 0 Å². The van der Waals surface area contributed by atoms with Crippen LogP contribution in [0.5, 0.6) is 5.75 Å². The van der Waals surface area contributed by atoms with Crippen LogP contribution in [0.25, 0.3) is 0 Å². The Hall–Kier alpha value is -2.19. The Morgan fingerprint density at radius 3 is 2.67 bits per heavy atom. The van der Waals surface area contributed by atoms with Gasteiger partial charge in [-0.15, -0.1) is 0 Å². The van der Waals surface area contributed by atoms with E-state index >= 15 is 0 Å². The number of benzene rings is 2. The minimum atomic E-state index is -1.15. The van der Waals surface area contributed by atoms with Crippen LogP contribution in [0.4, 0.5) is 4.39 Å². The summed E-state index contributed by atoms with van der Waals surface area (Å²) >= 11 is 0. The van der Waals surface area contributed by atoms with Crippen molar-refractivity contribution in [2.45, 2.75) is 11.3 Å². The van der Waals surface area contributed by atoms with Crippen molar-refractivity contribution in [3.63, 3.8) is 0 Å². The van der Waals surface area contributed by atoms with E-state index in [4.69, 9.17) is 10.00 Å². The van der Waals surface area contributed by atoms with E-state index in [9.17, 15) is 8.60 Å². The summed E-state index contributed by atoms with van der Waals surface area (Å²) in [6.07, 6.45) is 0.612. The molecule has 0 amide bonds. The maximum absolute atomic E-state index is 12.8. The molecule has 0 N–H and O–H groups in total. The lowest BCUT2D eigenvalue weighted by atomic mass is 10.2. The van der Waals surface area contributed by atoms with Crippen molar-refractivity contribution < 1.29 is 13.3 Å². The third-order valence-electron chi connectivity index (χ3n) is 2.78. The zero-order valence-corrected chi connectivity index (χ0v) is 12.1. The quantitative estimate of drug-likeness (QED) is 0.770. The standard InChI is InChI=1S/C16H14FNO2S/c17-14-5-7-16(8-6-14)21(19)10-2-9-20-15-4-1-3-13(11-15)12-18/h1,3-8,11H,2,9-10H2. The smallest absolute Gasteiger partial charge is 0.123 e. The van der Waals surface area contributed by atoms with Gasteiger partial charge in [-0.3, -0.25) is 4.21 Å². The van der Waals surface area contributed by atoms with E-state index in [2.05, 4.69) is 0 Å². The molecule has 1 unspecified atom stereocenters. The Bertz CT molecular complexity index is 665. The van der Waals surface area contributed by atoms with Crippen LogP contribution in [0.1, 0.15) is 12.0 Å². The van der Waals surface area contributed by atoms with Gasteiger partial charge in [-0.1, -0.05) is 6.07 Å². The molecule has 0 aliphatic heterocycles. The van der Waals surface area contributed by atoms with Crippen LogP contribution in [-0.4, -0.2) is 16.6 Å². The normalized spacial score (nSPS) is 11.6. The van der Waals surface area contributed by atoms with Crippen molar-refractivity contribution in [1.29, 1.82) is 5.26 Å². The van der Waals surface area contributed by atoms with E-state index in [1.54, 1.807) is 24.3 Å². The van der Waals surface area contributed by atoms with Gasteiger partial charge < -0.3 is 4.74 Å². The van der Waals surface area contributed by atoms with Crippen LogP contribution in [0, 0.1) is 17.1 Å². The molecule has 5 heteroatoms. The predicted octanol–water partition coefficient (Wildman–Crippen LogP) is 3.27. The molecule has 0 aromatic heterocycles. The Morgan fingerprint density at radius 2 is 1.95 bits per heavy atom. The van der Waals surface area contributed by atoms with Crippen LogP contribution in [0.15, 0.2) is 53.4 Å². The minimum Gasteiger partial charge on any atom is -0.494 e. The molecule has 0 radical (unpaired) electrons. The van der Waals surface area contributed by atoms with E-state index in [0.717, 1.165) is 0 Å². The number of nitrogens with zero attached hydrogens (tertiary/aromatic N) is 1. The summed E-state index contributed by atoms with van der Waals surface area (Å²) in [5, 5.41) is 8.78. The van der Waals surface area contributed by atoms with Crippen LogP contribution >= 0.6 is 0 Å². The molecule has 21 heavy (non-hydrogen) atoms. The highest BCUT2D eigenvalue weighted by Crippen LogP contribution is 2.13. The first-order valence-electron chi connectivity index (χ1n) is 6.46. The van der Waals surface area contributed by atoms with Gasteiger partial charge >= 0.3 is 0 Å². The van der Waals surface area contributed by atoms with Gasteiger partial charge in [0.25, 0.3) is 0 Å². The Labute approximate surface area is 125 Å². The lowest BCUT2D eigenvalue weighted by molar-refractivity contribution is 0.318. The topological polar surface area (TPSA) is 50.1 Å². The fourth-order valence-electron chi connectivity index (χ4n) is 1.74. The second kappa shape index (κ2) is 7.55. The number of halogens is 1. The molecular weight excluding hydrogens is 289 g/mol. The Morgan fingerprint density at radius 1 is 1.19 bits per heavy atom. The van der Waals surface area contributed by atoms with E-state index in [0.29, 0.717) is 35.0 Å². The summed E-state index contributed by atoms with van der Waals surface area (Å²) < 4.78 is 30.2. The molecule has 2 aromatic carbocycles. The molecule has 3 nitrogen and oxygen atoms in total. The van der Waals surface area contributed by atoms with E-state index in [-0.39, 0.29) is 5.82 Å². The SMILES string of the molecule is N#Cc1cccc(OCCCS(=O)c2ccc(F)cc2)c1. The molecule has 2 rings (SSSR count). The molecule has 1 atom stereocenters. The van der Waals surface area contributed by atoms with Crippen molar-refractivity contribution in [3.05, 3.63) is 59.9 Å². The Balaban J connectivity index is 1.78. The van der Waals surface area contributed by atoms with Gasteiger partial charge in [0.1, 0.15) is 11.6 Å². The third kappa shape index (κ3) is 4.69. The number of hydrogen-bond acceptors (Lipinski definition) is 3. The van der Waals surface area contributed by atoms with Crippen LogP contribution in [0.2, 0.25) is 0 Å². The van der Waals surface area contributed by atoms with Crippen LogP contribution < -0.4 is 4.74 Å². The molecule has 0 aliphatic rings. The molecule has 0 saturated heterocycles. The van der Waals surface area contributed by atoms with Gasteiger partial charge in [-0.2, -0.15) is 5.26 Å². The van der Waals surface area contributed by atoms with Crippen molar-refractivity contribution in [3.8, 4) is 11.8 Å². The summed E-state index contributed by atoms with van der Waals surface area (Å²) in [4.78, 5) is 0.614. The highest BCUT2D eigenvalue weighted by atomic mass is 32.2. The number of nitriles is 1. The largest absolute Gasteiger partial charge is 0.494 e. The summed E-state index contributed by atoms with van der Waals surface area (Å²) in [7, 11) is -1.15. The fourth-order valence-corrected chi connectivity index (χ4v) is 2.80. The monoisotopic (exact) mass is 303 g/mol.